The molecule has 8 aliphatic heterocycles. The first-order chi connectivity index (χ1) is 27.4. The SMILES string of the molecule is C=C1C[C@@H]2CC[C@]34C[C@@H](O)[C@H](O3)[C@H]3C[C@@H](O4)[C@H]4O[C@H](CC[C@@H]4O3)CC(O)C[C@@H]3[C@@H](OC)[C@@H](C[C@H](O)CN(C)CC[I-]I)O[C@H]3C[C@H]3O[C@@H](CC[C@@H]1O2)C[C@@H](C)C3=C. The smallest absolute Gasteiger partial charge is 0.370 e. The van der Waals surface area contributed by atoms with E-state index in [1.165, 1.54) is 4.43 Å². The average Bonchev–Trinajstić information content (AvgIpc) is 3.78. The minimum absolute atomic E-state index is 0.00894. The van der Waals surface area contributed by atoms with Crippen LogP contribution in [0.1, 0.15) is 96.8 Å². The van der Waals surface area contributed by atoms with Gasteiger partial charge in [-0.2, -0.15) is 0 Å². The number of aliphatic hydroxyl groups is 3. The Morgan fingerprint density at radius 1 is 0.860 bits per heavy atom. The number of hydrogen-bond acceptors (Lipinski definition) is 12. The Kier molecular flexibility index (Phi) is 14.7. The van der Waals surface area contributed by atoms with Crippen molar-refractivity contribution in [3.05, 3.63) is 24.3 Å². The molecule has 8 heterocycles. The number of ether oxygens (including phenoxy) is 8. The molecule has 0 aromatic heterocycles. The zero-order chi connectivity index (χ0) is 40.0. The fourth-order valence-corrected chi connectivity index (χ4v) is 13.9. The molecule has 0 amide bonds. The molecule has 10 bridgehead atoms. The molecule has 8 rings (SSSR count). The molecule has 1 spiro atoms. The van der Waals surface area contributed by atoms with Gasteiger partial charge in [-0.25, -0.2) is 0 Å². The Labute approximate surface area is 359 Å². The van der Waals surface area contributed by atoms with Crippen molar-refractivity contribution in [1.29, 1.82) is 0 Å². The summed E-state index contributed by atoms with van der Waals surface area (Å²) >= 11 is 2.67. The van der Waals surface area contributed by atoms with Gasteiger partial charge in [0, 0.05) is 19.3 Å². The minimum Gasteiger partial charge on any atom is -0.370 e. The van der Waals surface area contributed by atoms with Gasteiger partial charge >= 0.3 is 171 Å². The third kappa shape index (κ3) is 9.99. The molecule has 0 aliphatic carbocycles. The Bertz CT molecular complexity index is 1400. The van der Waals surface area contributed by atoms with E-state index in [0.717, 1.165) is 62.6 Å². The summed E-state index contributed by atoms with van der Waals surface area (Å²) in [5, 5.41) is 34.4. The van der Waals surface area contributed by atoms with Crippen LogP contribution < -0.4 is 17.2 Å². The van der Waals surface area contributed by atoms with Crippen molar-refractivity contribution in [3.8, 4) is 0 Å². The van der Waals surface area contributed by atoms with Gasteiger partial charge in [0.05, 0.1) is 48.8 Å². The molecular formula is C43H68I2NO11-. The summed E-state index contributed by atoms with van der Waals surface area (Å²) in [6, 6.07) is 0. The van der Waals surface area contributed by atoms with E-state index < -0.39 is 30.2 Å². The van der Waals surface area contributed by atoms with Gasteiger partial charge < -0.3 is 28.8 Å². The second-order valence-corrected chi connectivity index (χ2v) is 24.3. The molecule has 8 saturated heterocycles. The topological polar surface area (TPSA) is 138 Å². The van der Waals surface area contributed by atoms with Crippen LogP contribution in [0.4, 0.5) is 0 Å². The van der Waals surface area contributed by atoms with Crippen LogP contribution in [0.2, 0.25) is 0 Å². The average molecular weight is 1030 g/mol. The van der Waals surface area contributed by atoms with Gasteiger partial charge in [-0.3, -0.25) is 0 Å². The number of nitrogens with zero attached hydrogens (tertiary/aromatic N) is 1. The van der Waals surface area contributed by atoms with Gasteiger partial charge in [0.1, 0.15) is 12.2 Å². The molecule has 19 atom stereocenters. The van der Waals surface area contributed by atoms with Crippen molar-refractivity contribution in [2.45, 2.75) is 200 Å². The maximum atomic E-state index is 11.9. The van der Waals surface area contributed by atoms with E-state index in [1.807, 2.05) is 0 Å². The Morgan fingerprint density at radius 3 is 2.46 bits per heavy atom. The van der Waals surface area contributed by atoms with E-state index in [1.54, 1.807) is 7.11 Å². The molecule has 14 heteroatoms. The van der Waals surface area contributed by atoms with Crippen molar-refractivity contribution in [1.82, 2.24) is 4.90 Å². The van der Waals surface area contributed by atoms with Gasteiger partial charge in [-0.15, -0.1) is 0 Å². The normalized spacial score (nSPS) is 48.5. The predicted octanol–water partition coefficient (Wildman–Crippen LogP) is 1.63. The molecule has 0 aromatic carbocycles. The van der Waals surface area contributed by atoms with E-state index >= 15 is 0 Å². The summed E-state index contributed by atoms with van der Waals surface area (Å²) in [5.74, 6) is -0.745. The second kappa shape index (κ2) is 19.1. The zero-order valence-corrected chi connectivity index (χ0v) is 38.5. The summed E-state index contributed by atoms with van der Waals surface area (Å²) in [4.78, 5) is 2.21. The third-order valence-electron chi connectivity index (χ3n) is 14.6. The van der Waals surface area contributed by atoms with Crippen LogP contribution in [-0.4, -0.2) is 155 Å². The van der Waals surface area contributed by atoms with Crippen molar-refractivity contribution in [2.75, 3.05) is 31.7 Å². The quantitative estimate of drug-likeness (QED) is 0.185. The predicted molar refractivity (Wildman–Crippen MR) is 217 cm³/mol. The number of hydrogen-bond donors (Lipinski definition) is 3. The number of aliphatic hydroxyl groups excluding tert-OH is 3. The molecule has 0 saturated carbocycles. The van der Waals surface area contributed by atoms with Crippen LogP contribution in [0.3, 0.4) is 0 Å². The number of likely N-dealkylation sites (N-methyl/N-ethyl adjacent to an activating group) is 1. The molecular weight excluding hydrogens is 960 g/mol. The van der Waals surface area contributed by atoms with Crippen LogP contribution in [-0.2, 0) is 37.9 Å². The van der Waals surface area contributed by atoms with Crippen molar-refractivity contribution in [2.24, 2.45) is 11.8 Å². The van der Waals surface area contributed by atoms with Crippen molar-refractivity contribution in [3.63, 3.8) is 0 Å². The van der Waals surface area contributed by atoms with Crippen LogP contribution in [0.15, 0.2) is 24.3 Å². The van der Waals surface area contributed by atoms with Crippen molar-refractivity contribution < 1.29 is 70.4 Å². The van der Waals surface area contributed by atoms with E-state index in [-0.39, 0.29) is 96.4 Å². The molecule has 3 N–H and O–H groups in total. The summed E-state index contributed by atoms with van der Waals surface area (Å²) in [6.07, 6.45) is 4.97. The number of alkyl halides is 1. The minimum atomic E-state index is -0.927. The van der Waals surface area contributed by atoms with Gasteiger partial charge in [-0.1, -0.05) is 20.1 Å². The zero-order valence-electron chi connectivity index (χ0n) is 34.1. The van der Waals surface area contributed by atoms with E-state index in [9.17, 15) is 15.3 Å². The van der Waals surface area contributed by atoms with Gasteiger partial charge in [0.25, 0.3) is 0 Å². The third-order valence-corrected chi connectivity index (χ3v) is 18.2. The van der Waals surface area contributed by atoms with Crippen molar-refractivity contribution >= 4 is 18.6 Å². The van der Waals surface area contributed by atoms with Crippen LogP contribution in [0.5, 0.6) is 0 Å². The Morgan fingerprint density at radius 2 is 1.65 bits per heavy atom. The van der Waals surface area contributed by atoms with Crippen LogP contribution >= 0.6 is 18.6 Å². The van der Waals surface area contributed by atoms with Crippen LogP contribution in [0, 0.1) is 11.8 Å². The standard InChI is InChI=1S/C43H68I2NO11/c1-23-14-28-6-8-33-24(2)15-30(51-33)10-11-43-21-32(49)41(57-43)38-20-39(56-43)42-34(54-38)9-7-29(53-42)16-26(47)17-31-36(19-35(52-28)25(23)3)55-37(40(31)50-5)18-27(48)22-46(4)13-12-45-44/h23,26-42,47-49H,2-3,6-22H2,1,4-5H3/q-1/t23-,26?,27+,28+,29-,30+,31+,32-,33+,34+,35-,36+,37-,38-,39-,40-,41+,42+,43-/m1/s1. The molecule has 0 radical (unpaired) electrons. The number of halogens is 2. The Hall–Kier alpha value is 0.460. The number of fused-ring (bicyclic) bond motifs is 9. The van der Waals surface area contributed by atoms with E-state index in [4.69, 9.17) is 37.9 Å². The summed E-state index contributed by atoms with van der Waals surface area (Å²) in [6.45, 7) is 12.8. The van der Waals surface area contributed by atoms with Crippen LogP contribution in [0.25, 0.3) is 0 Å². The molecule has 0 aromatic rings. The second-order valence-electron chi connectivity index (χ2n) is 18.7. The molecule has 8 aliphatic rings. The van der Waals surface area contributed by atoms with Gasteiger partial charge in [-0.05, 0) is 56.4 Å². The maximum absolute atomic E-state index is 11.9. The van der Waals surface area contributed by atoms with E-state index in [0.29, 0.717) is 57.4 Å². The van der Waals surface area contributed by atoms with Gasteiger partial charge in [0.15, 0.2) is 5.79 Å². The summed E-state index contributed by atoms with van der Waals surface area (Å²) in [5.41, 5.74) is 2.22. The first-order valence-electron chi connectivity index (χ1n) is 21.9. The molecule has 12 nitrogen and oxygen atoms in total. The fraction of sp³-hybridized carbons (Fsp3) is 0.907. The molecule has 326 valence electrons. The monoisotopic (exact) mass is 1030 g/mol. The first-order valence-corrected chi connectivity index (χ1v) is 29.7. The summed E-state index contributed by atoms with van der Waals surface area (Å²) < 4.78 is 54.9. The Balaban J connectivity index is 1.03. The summed E-state index contributed by atoms with van der Waals surface area (Å²) in [7, 11) is 3.80. The van der Waals surface area contributed by atoms with E-state index in [2.05, 4.69) is 50.6 Å². The molecule has 57 heavy (non-hydrogen) atoms. The molecule has 8 fully saturated rings. The fourth-order valence-electron chi connectivity index (χ4n) is 11.6. The number of rotatable bonds is 8. The first kappa shape index (κ1) is 44.1. The van der Waals surface area contributed by atoms with Gasteiger partial charge in [0.2, 0.25) is 0 Å². The number of methoxy groups -OCH3 is 1. The molecule has 1 unspecified atom stereocenters.